The summed E-state index contributed by atoms with van der Waals surface area (Å²) in [6.45, 7) is 8.28. The zero-order valence-corrected chi connectivity index (χ0v) is 27.3. The van der Waals surface area contributed by atoms with Crippen molar-refractivity contribution in [1.29, 1.82) is 5.26 Å². The Morgan fingerprint density at radius 1 is 1.28 bits per heavy atom. The molecule has 3 aromatic rings. The first-order chi connectivity index (χ1) is 20.3. The zero-order chi connectivity index (χ0) is 31.0. The average molecular weight is 673 g/mol. The second-order valence-corrected chi connectivity index (χ2v) is 14.9. The van der Waals surface area contributed by atoms with Crippen molar-refractivity contribution in [2.45, 2.75) is 88.6 Å². The first-order valence-electron chi connectivity index (χ1n) is 14.6. The number of carbonyl (C=O) groups is 2. The molecular formula is C31H35BrFN5O4S. The van der Waals surface area contributed by atoms with Gasteiger partial charge < -0.3 is 23.7 Å². The fourth-order valence-corrected chi connectivity index (χ4v) is 8.41. The topological polar surface area (TPSA) is 115 Å². The Kier molecular flexibility index (Phi) is 7.67. The smallest absolute Gasteiger partial charge is 0.410 e. The molecule has 12 heteroatoms. The van der Waals surface area contributed by atoms with Gasteiger partial charge in [-0.15, -0.1) is 0 Å². The van der Waals surface area contributed by atoms with E-state index in [1.54, 1.807) is 11.8 Å². The predicted octanol–water partition coefficient (Wildman–Crippen LogP) is 6.15. The molecule has 7 rings (SSSR count). The molecule has 228 valence electrons. The summed E-state index contributed by atoms with van der Waals surface area (Å²) in [5.74, 6) is -0.454. The van der Waals surface area contributed by atoms with Gasteiger partial charge in [0, 0.05) is 54.6 Å². The number of halogens is 2. The molecule has 2 aromatic heterocycles. The van der Waals surface area contributed by atoms with Gasteiger partial charge in [-0.25, -0.2) is 9.18 Å². The molecule has 43 heavy (non-hydrogen) atoms. The fourth-order valence-electron chi connectivity index (χ4n) is 7.23. The second-order valence-electron chi connectivity index (χ2n) is 12.8. The molecule has 4 fully saturated rings. The van der Waals surface area contributed by atoms with E-state index in [9.17, 15) is 19.4 Å². The van der Waals surface area contributed by atoms with Crippen LogP contribution in [0.3, 0.4) is 0 Å². The van der Waals surface area contributed by atoms with E-state index in [1.807, 2.05) is 37.8 Å². The van der Waals surface area contributed by atoms with Crippen LogP contribution in [0.25, 0.3) is 21.8 Å². The fraction of sp³-hybridized carbons (Fsp3) is 0.548. The van der Waals surface area contributed by atoms with Crippen molar-refractivity contribution in [1.82, 2.24) is 19.4 Å². The molecule has 0 radical (unpaired) electrons. The van der Waals surface area contributed by atoms with Gasteiger partial charge in [-0.3, -0.25) is 4.79 Å². The molecule has 0 N–H and O–H groups in total. The number of pyridine rings is 1. The first kappa shape index (κ1) is 30.2. The van der Waals surface area contributed by atoms with E-state index in [1.165, 1.54) is 6.26 Å². The van der Waals surface area contributed by atoms with Crippen molar-refractivity contribution in [3.8, 4) is 6.07 Å². The summed E-state index contributed by atoms with van der Waals surface area (Å²) in [4.78, 5) is 34.3. The maximum atomic E-state index is 16.0. The molecule has 1 aliphatic carbocycles. The average Bonchev–Trinajstić information content (AvgIpc) is 3.70. The second kappa shape index (κ2) is 10.9. The molecule has 4 aliphatic rings. The monoisotopic (exact) mass is 671 g/mol. The Hall–Kier alpha value is -2.88. The summed E-state index contributed by atoms with van der Waals surface area (Å²) in [7, 11) is 0. The molecule has 3 aliphatic heterocycles. The third-order valence-electron chi connectivity index (χ3n) is 8.98. The molecule has 2 bridgehead atoms. The van der Waals surface area contributed by atoms with Crippen LogP contribution in [0.2, 0.25) is 0 Å². The molecule has 5 heterocycles. The van der Waals surface area contributed by atoms with E-state index in [0.717, 1.165) is 25.0 Å². The Morgan fingerprint density at radius 2 is 2.02 bits per heavy atom. The van der Waals surface area contributed by atoms with Gasteiger partial charge in [0.15, 0.2) is 5.82 Å². The summed E-state index contributed by atoms with van der Waals surface area (Å²) >= 11 is 1.84. The van der Waals surface area contributed by atoms with E-state index >= 15 is 4.39 Å². The van der Waals surface area contributed by atoms with Crippen molar-refractivity contribution >= 4 is 60.9 Å². The number of amides is 2. The lowest BCUT2D eigenvalue weighted by Gasteiger charge is -2.40. The first-order valence-corrected chi connectivity index (χ1v) is 17.0. The van der Waals surface area contributed by atoms with Crippen molar-refractivity contribution < 1.29 is 23.3 Å². The van der Waals surface area contributed by atoms with Crippen molar-refractivity contribution in [2.24, 2.45) is 5.92 Å². The van der Waals surface area contributed by atoms with Crippen LogP contribution < -0.4 is 0 Å². The Labute approximate surface area is 261 Å². The summed E-state index contributed by atoms with van der Waals surface area (Å²) in [6.07, 6.45) is 4.16. The minimum atomic E-state index is -1.54. The lowest BCUT2D eigenvalue weighted by molar-refractivity contribution is -0.129. The number of fused-ring (bicyclic) bond motifs is 4. The Morgan fingerprint density at radius 3 is 2.67 bits per heavy atom. The molecular weight excluding hydrogens is 637 g/mol. The van der Waals surface area contributed by atoms with Gasteiger partial charge in [0.05, 0.1) is 39.6 Å². The van der Waals surface area contributed by atoms with Crippen LogP contribution in [-0.2, 0) is 27.1 Å². The van der Waals surface area contributed by atoms with Crippen LogP contribution in [0.1, 0.15) is 76.7 Å². The highest BCUT2D eigenvalue weighted by Gasteiger charge is 2.57. The number of carbonyl (C=O) groups excluding carboxylic acids is 2. The number of hydrogen-bond acceptors (Lipinski definition) is 6. The van der Waals surface area contributed by atoms with Gasteiger partial charge in [-0.1, -0.05) is 0 Å². The SMILES string of the molecule is CC(=O)N1CCC[C@@H]1c1cc2c([S+](C)[O-])nc3c(F)c(Br)c(CCC#N)cc3c2n1[C@H]1[C@@H]2C[C@H]1N(C(=O)OC(C)(C)C)C2. The van der Waals surface area contributed by atoms with Crippen molar-refractivity contribution in [3.63, 3.8) is 0 Å². The number of aromatic nitrogens is 2. The number of aryl methyl sites for hydroxylation is 1. The molecule has 3 saturated heterocycles. The normalized spacial score (nSPS) is 24.0. The van der Waals surface area contributed by atoms with E-state index in [2.05, 4.69) is 31.6 Å². The molecule has 5 atom stereocenters. The van der Waals surface area contributed by atoms with Gasteiger partial charge in [0.25, 0.3) is 5.03 Å². The maximum absolute atomic E-state index is 16.0. The quantitative estimate of drug-likeness (QED) is 0.301. The summed E-state index contributed by atoms with van der Waals surface area (Å²) in [6, 6.07) is 5.51. The van der Waals surface area contributed by atoms with Crippen LogP contribution in [0, 0.1) is 23.1 Å². The van der Waals surface area contributed by atoms with E-state index in [0.29, 0.717) is 41.4 Å². The third-order valence-corrected chi connectivity index (χ3v) is 10.7. The number of benzene rings is 1. The summed E-state index contributed by atoms with van der Waals surface area (Å²) in [5.41, 5.74) is 1.70. The van der Waals surface area contributed by atoms with Gasteiger partial charge in [0.1, 0.15) is 17.4 Å². The minimum Gasteiger partial charge on any atom is -0.610 e. The van der Waals surface area contributed by atoms with Gasteiger partial charge in [-0.2, -0.15) is 10.2 Å². The number of nitrogens with zero attached hydrogens (tertiary/aromatic N) is 5. The number of ether oxygens (including phenoxy) is 1. The van der Waals surface area contributed by atoms with Crippen LogP contribution in [0.4, 0.5) is 9.18 Å². The van der Waals surface area contributed by atoms with Crippen LogP contribution >= 0.6 is 15.9 Å². The van der Waals surface area contributed by atoms with Gasteiger partial charge >= 0.3 is 6.09 Å². The standard InChI is InChI=1S/C31H35BrFN5O4S/c1-16(39)36-11-7-9-21(36)22-14-20-28(38(22)27-18-13-23(27)37(15-18)30(40)42-31(2,3)4)19-12-17(8-6-10-34)24(32)25(33)26(19)35-29(20)43(5)41/h12,14,18,21,23,27H,6-9,11,13,15H2,1-5H3/t18-,21-,23-,27+,43?/m1/s1. The van der Waals surface area contributed by atoms with Crippen molar-refractivity contribution in [3.05, 3.63) is 33.7 Å². The predicted molar refractivity (Wildman–Crippen MR) is 164 cm³/mol. The van der Waals surface area contributed by atoms with Crippen LogP contribution in [0.5, 0.6) is 0 Å². The highest BCUT2D eigenvalue weighted by Crippen LogP contribution is 2.54. The lowest BCUT2D eigenvalue weighted by Crippen LogP contribution is -2.45. The Bertz CT molecular complexity index is 1700. The van der Waals surface area contributed by atoms with Gasteiger partial charge in [0.2, 0.25) is 5.91 Å². The molecule has 1 unspecified atom stereocenters. The number of likely N-dealkylation sites (tertiary alicyclic amines) is 1. The van der Waals surface area contributed by atoms with E-state index in [-0.39, 0.29) is 57.5 Å². The maximum Gasteiger partial charge on any atom is 0.410 e. The highest BCUT2D eigenvalue weighted by molar-refractivity contribution is 9.10. The number of nitriles is 1. The number of rotatable bonds is 5. The van der Waals surface area contributed by atoms with E-state index < -0.39 is 22.6 Å². The third kappa shape index (κ3) is 4.97. The largest absolute Gasteiger partial charge is 0.610 e. The van der Waals surface area contributed by atoms with E-state index in [4.69, 9.17) is 4.74 Å². The Balaban J connectivity index is 1.63. The molecule has 0 spiro atoms. The highest BCUT2D eigenvalue weighted by atomic mass is 79.9. The lowest BCUT2D eigenvalue weighted by atomic mass is 9.79. The molecule has 1 aromatic carbocycles. The summed E-state index contributed by atoms with van der Waals surface area (Å²) in [5, 5.41) is 10.7. The van der Waals surface area contributed by atoms with Crippen LogP contribution in [0.15, 0.2) is 21.6 Å². The van der Waals surface area contributed by atoms with Crippen LogP contribution in [-0.4, -0.2) is 66.9 Å². The van der Waals surface area contributed by atoms with Crippen molar-refractivity contribution in [2.75, 3.05) is 19.3 Å². The summed E-state index contributed by atoms with van der Waals surface area (Å²) < 4.78 is 37.3. The molecule has 1 saturated carbocycles. The molecule has 9 nitrogen and oxygen atoms in total. The molecule has 2 amide bonds. The minimum absolute atomic E-state index is 0.0256. The zero-order valence-electron chi connectivity index (χ0n) is 24.9. The number of hydrogen-bond donors (Lipinski definition) is 0. The van der Waals surface area contributed by atoms with Gasteiger partial charge in [-0.05, 0) is 80.1 Å².